The molecule has 0 fully saturated rings. The van der Waals surface area contributed by atoms with Crippen molar-refractivity contribution in [2.75, 3.05) is 19.8 Å². The molecule has 0 aromatic heterocycles. The van der Waals surface area contributed by atoms with Gasteiger partial charge in [-0.05, 0) is 24.0 Å². The van der Waals surface area contributed by atoms with E-state index < -0.39 is 16.1 Å². The van der Waals surface area contributed by atoms with Crippen molar-refractivity contribution in [2.24, 2.45) is 0 Å². The second kappa shape index (κ2) is 8.78. The van der Waals surface area contributed by atoms with Gasteiger partial charge in [-0.15, -0.1) is 0 Å². The van der Waals surface area contributed by atoms with Crippen LogP contribution in [0.5, 0.6) is 0 Å². The summed E-state index contributed by atoms with van der Waals surface area (Å²) in [6.07, 6.45) is 2.75. The van der Waals surface area contributed by atoms with Gasteiger partial charge in [-0.3, -0.25) is 4.79 Å². The minimum atomic E-state index is -3.50. The fourth-order valence-corrected chi connectivity index (χ4v) is 3.20. The van der Waals surface area contributed by atoms with Crippen LogP contribution >= 0.6 is 0 Å². The first-order valence-corrected chi connectivity index (χ1v) is 10.0. The molecule has 25 heavy (non-hydrogen) atoms. The standard InChI is InChI=1S/C19H24N2O3S/c1-21(25(2,23)24)18(17-13-7-4-8-14-17)19(22)20-15-9-12-16-10-5-3-6-11-16/h3-8,10-11,13-14,18H,9,12,15H2,1-2H3,(H,20,22)/t18-/m0/s1. The molecule has 0 bridgehead atoms. The number of nitrogens with one attached hydrogen (secondary N) is 1. The van der Waals surface area contributed by atoms with E-state index in [9.17, 15) is 13.2 Å². The van der Waals surface area contributed by atoms with Crippen molar-refractivity contribution >= 4 is 15.9 Å². The van der Waals surface area contributed by atoms with Crippen LogP contribution in [0.2, 0.25) is 0 Å². The second-order valence-electron chi connectivity index (χ2n) is 5.97. The van der Waals surface area contributed by atoms with Crippen LogP contribution < -0.4 is 5.32 Å². The lowest BCUT2D eigenvalue weighted by Gasteiger charge is -2.25. The average molecular weight is 360 g/mol. The van der Waals surface area contributed by atoms with Gasteiger partial charge in [-0.2, -0.15) is 4.31 Å². The summed E-state index contributed by atoms with van der Waals surface area (Å²) in [7, 11) is -2.07. The van der Waals surface area contributed by atoms with Crippen molar-refractivity contribution in [2.45, 2.75) is 18.9 Å². The Morgan fingerprint density at radius 1 is 1.04 bits per heavy atom. The van der Waals surface area contributed by atoms with Crippen molar-refractivity contribution < 1.29 is 13.2 Å². The highest BCUT2D eigenvalue weighted by atomic mass is 32.2. The first-order chi connectivity index (χ1) is 11.9. The van der Waals surface area contributed by atoms with Crippen molar-refractivity contribution in [3.05, 3.63) is 71.8 Å². The molecule has 134 valence electrons. The van der Waals surface area contributed by atoms with E-state index in [0.29, 0.717) is 12.1 Å². The van der Waals surface area contributed by atoms with E-state index in [1.54, 1.807) is 24.3 Å². The molecular weight excluding hydrogens is 336 g/mol. The van der Waals surface area contributed by atoms with Gasteiger partial charge >= 0.3 is 0 Å². The van der Waals surface area contributed by atoms with E-state index in [1.165, 1.54) is 12.6 Å². The number of carbonyl (C=O) groups is 1. The summed E-state index contributed by atoms with van der Waals surface area (Å²) in [5.41, 5.74) is 1.86. The van der Waals surface area contributed by atoms with Crippen LogP contribution in [0, 0.1) is 0 Å². The maximum atomic E-state index is 12.6. The first-order valence-electron chi connectivity index (χ1n) is 8.19. The molecule has 2 aromatic rings. The maximum absolute atomic E-state index is 12.6. The van der Waals surface area contributed by atoms with Crippen LogP contribution in [-0.4, -0.2) is 38.5 Å². The Kier molecular flexibility index (Phi) is 6.73. The summed E-state index contributed by atoms with van der Waals surface area (Å²) in [4.78, 5) is 12.6. The molecule has 0 saturated carbocycles. The summed E-state index contributed by atoms with van der Waals surface area (Å²) in [6, 6.07) is 18.1. The van der Waals surface area contributed by atoms with Crippen LogP contribution in [0.3, 0.4) is 0 Å². The summed E-state index contributed by atoms with van der Waals surface area (Å²) >= 11 is 0. The fraction of sp³-hybridized carbons (Fsp3) is 0.316. The van der Waals surface area contributed by atoms with Crippen LogP contribution in [0.15, 0.2) is 60.7 Å². The van der Waals surface area contributed by atoms with Gasteiger partial charge in [0.15, 0.2) is 0 Å². The molecule has 2 rings (SSSR count). The Labute approximate surface area is 149 Å². The van der Waals surface area contributed by atoms with E-state index in [0.717, 1.165) is 23.4 Å². The quantitative estimate of drug-likeness (QED) is 0.735. The van der Waals surface area contributed by atoms with Crippen molar-refractivity contribution in [1.82, 2.24) is 9.62 Å². The van der Waals surface area contributed by atoms with Crippen LogP contribution in [0.4, 0.5) is 0 Å². The van der Waals surface area contributed by atoms with Crippen LogP contribution in [-0.2, 0) is 21.2 Å². The van der Waals surface area contributed by atoms with Gasteiger partial charge in [0.05, 0.1) is 6.26 Å². The molecular formula is C19H24N2O3S. The summed E-state index contributed by atoms with van der Waals surface area (Å²) in [6.45, 7) is 0.495. The molecule has 0 aliphatic rings. The zero-order valence-corrected chi connectivity index (χ0v) is 15.4. The minimum Gasteiger partial charge on any atom is -0.354 e. The van der Waals surface area contributed by atoms with E-state index in [-0.39, 0.29) is 5.91 Å². The molecule has 1 N–H and O–H groups in total. The van der Waals surface area contributed by atoms with E-state index in [2.05, 4.69) is 5.32 Å². The lowest BCUT2D eigenvalue weighted by molar-refractivity contribution is -0.124. The van der Waals surface area contributed by atoms with Gasteiger partial charge < -0.3 is 5.32 Å². The highest BCUT2D eigenvalue weighted by Crippen LogP contribution is 2.21. The highest BCUT2D eigenvalue weighted by Gasteiger charge is 2.30. The third kappa shape index (κ3) is 5.69. The molecule has 0 unspecified atom stereocenters. The predicted octanol–water partition coefficient (Wildman–Crippen LogP) is 2.37. The molecule has 1 amide bonds. The number of hydrogen-bond donors (Lipinski definition) is 1. The number of carbonyl (C=O) groups excluding carboxylic acids is 1. The molecule has 0 aliphatic carbocycles. The maximum Gasteiger partial charge on any atom is 0.242 e. The van der Waals surface area contributed by atoms with Gasteiger partial charge in [0.1, 0.15) is 6.04 Å². The largest absolute Gasteiger partial charge is 0.354 e. The van der Waals surface area contributed by atoms with E-state index in [1.807, 2.05) is 36.4 Å². The highest BCUT2D eigenvalue weighted by molar-refractivity contribution is 7.88. The molecule has 0 aliphatic heterocycles. The minimum absolute atomic E-state index is 0.313. The SMILES string of the molecule is CN([C@H](C(=O)NCCCc1ccccc1)c1ccccc1)S(C)(=O)=O. The first kappa shape index (κ1) is 19.1. The van der Waals surface area contributed by atoms with Gasteiger partial charge in [-0.25, -0.2) is 8.42 Å². The molecule has 1 atom stereocenters. The van der Waals surface area contributed by atoms with Crippen molar-refractivity contribution in [3.63, 3.8) is 0 Å². The molecule has 0 radical (unpaired) electrons. The summed E-state index contributed by atoms with van der Waals surface area (Å²) in [5, 5.41) is 2.86. The molecule has 0 heterocycles. The van der Waals surface area contributed by atoms with Crippen LogP contribution in [0.25, 0.3) is 0 Å². The Bertz CT molecular complexity index is 777. The molecule has 5 nitrogen and oxygen atoms in total. The summed E-state index contributed by atoms with van der Waals surface area (Å²) < 4.78 is 24.9. The monoisotopic (exact) mass is 360 g/mol. The molecule has 0 saturated heterocycles. The third-order valence-electron chi connectivity index (χ3n) is 4.03. The van der Waals surface area contributed by atoms with E-state index >= 15 is 0 Å². The zero-order valence-electron chi connectivity index (χ0n) is 14.6. The molecule has 0 spiro atoms. The predicted molar refractivity (Wildman–Crippen MR) is 99.6 cm³/mol. The zero-order chi connectivity index (χ0) is 18.3. The van der Waals surface area contributed by atoms with Crippen molar-refractivity contribution in [1.29, 1.82) is 0 Å². The number of likely N-dealkylation sites (N-methyl/N-ethyl adjacent to an activating group) is 1. The van der Waals surface area contributed by atoms with Gasteiger partial charge in [-0.1, -0.05) is 60.7 Å². The Morgan fingerprint density at radius 3 is 2.16 bits per heavy atom. The molecule has 6 heteroatoms. The third-order valence-corrected chi connectivity index (χ3v) is 5.29. The topological polar surface area (TPSA) is 66.5 Å². The number of benzene rings is 2. The fourth-order valence-electron chi connectivity index (χ4n) is 2.60. The molecule has 2 aromatic carbocycles. The lowest BCUT2D eigenvalue weighted by atomic mass is 10.1. The Balaban J connectivity index is 2.01. The number of aryl methyl sites for hydroxylation is 1. The normalized spacial score (nSPS) is 12.8. The number of rotatable bonds is 8. The van der Waals surface area contributed by atoms with Crippen molar-refractivity contribution in [3.8, 4) is 0 Å². The number of hydrogen-bond acceptors (Lipinski definition) is 3. The smallest absolute Gasteiger partial charge is 0.242 e. The number of sulfonamides is 1. The summed E-state index contributed by atoms with van der Waals surface area (Å²) in [5.74, 6) is -0.313. The van der Waals surface area contributed by atoms with E-state index in [4.69, 9.17) is 0 Å². The van der Waals surface area contributed by atoms with Crippen LogP contribution in [0.1, 0.15) is 23.6 Å². The number of amides is 1. The Morgan fingerprint density at radius 2 is 1.60 bits per heavy atom. The van der Waals surface area contributed by atoms with Gasteiger partial charge in [0.2, 0.25) is 15.9 Å². The second-order valence-corrected chi connectivity index (χ2v) is 8.01. The van der Waals surface area contributed by atoms with Gasteiger partial charge in [0.25, 0.3) is 0 Å². The van der Waals surface area contributed by atoms with Gasteiger partial charge in [0, 0.05) is 13.6 Å². The Hall–Kier alpha value is -2.18. The lowest BCUT2D eigenvalue weighted by Crippen LogP contribution is -2.41. The average Bonchev–Trinajstić information content (AvgIpc) is 2.60. The number of nitrogens with zero attached hydrogens (tertiary/aromatic N) is 1.